The van der Waals surface area contributed by atoms with E-state index in [0.717, 1.165) is 10.9 Å². The van der Waals surface area contributed by atoms with Crippen LogP contribution in [0.2, 0.25) is 5.02 Å². The van der Waals surface area contributed by atoms with Gasteiger partial charge in [-0.25, -0.2) is 9.20 Å². The Kier molecular flexibility index (Phi) is 2.55. The highest BCUT2D eigenvalue weighted by atomic mass is 35.5. The van der Waals surface area contributed by atoms with Crippen LogP contribution < -0.4 is 5.69 Å². The average Bonchev–Trinajstić information content (AvgIpc) is 2.95. The van der Waals surface area contributed by atoms with E-state index in [9.17, 15) is 4.79 Å². The monoisotopic (exact) mass is 296 g/mol. The predicted octanol–water partition coefficient (Wildman–Crippen LogP) is 2.89. The number of aromatic amines is 1. The second kappa shape index (κ2) is 4.43. The van der Waals surface area contributed by atoms with Crippen molar-refractivity contribution in [3.05, 3.63) is 64.0 Å². The van der Waals surface area contributed by atoms with Crippen LogP contribution in [0.3, 0.4) is 0 Å². The molecule has 4 aromatic rings. The Hall–Kier alpha value is -2.66. The summed E-state index contributed by atoms with van der Waals surface area (Å²) in [5, 5.41) is 9.66. The number of hydrogen-bond donors (Lipinski definition) is 1. The van der Waals surface area contributed by atoms with E-state index in [2.05, 4.69) is 15.2 Å². The van der Waals surface area contributed by atoms with Crippen LogP contribution in [0.5, 0.6) is 0 Å². The van der Waals surface area contributed by atoms with Crippen LogP contribution in [0.4, 0.5) is 0 Å². The quantitative estimate of drug-likeness (QED) is 0.587. The molecule has 2 aromatic heterocycles. The molecule has 21 heavy (non-hydrogen) atoms. The van der Waals surface area contributed by atoms with Crippen LogP contribution in [0, 0.1) is 0 Å². The van der Waals surface area contributed by atoms with E-state index in [4.69, 9.17) is 11.6 Å². The van der Waals surface area contributed by atoms with Gasteiger partial charge < -0.3 is 4.98 Å². The van der Waals surface area contributed by atoms with Crippen LogP contribution in [0.1, 0.15) is 0 Å². The minimum Gasteiger partial charge on any atom is -0.306 e. The topological polar surface area (TPSA) is 63.0 Å². The smallest absolute Gasteiger partial charge is 0.306 e. The summed E-state index contributed by atoms with van der Waals surface area (Å²) in [5.74, 6) is 0.508. The van der Waals surface area contributed by atoms with E-state index < -0.39 is 0 Å². The Balaban J connectivity index is 2.16. The maximum Gasteiger partial charge on any atom is 0.333 e. The zero-order valence-corrected chi connectivity index (χ0v) is 11.5. The SMILES string of the molecule is O=c1[nH]c2ccc(Cl)cc2c2nnc(-c3ccccc3)n12. The third-order valence-electron chi connectivity index (χ3n) is 3.36. The summed E-state index contributed by atoms with van der Waals surface area (Å²) in [7, 11) is 0. The van der Waals surface area contributed by atoms with E-state index in [1.807, 2.05) is 30.3 Å². The molecule has 0 fully saturated rings. The number of hydrogen-bond acceptors (Lipinski definition) is 3. The number of fused-ring (bicyclic) bond motifs is 3. The Bertz CT molecular complexity index is 1020. The largest absolute Gasteiger partial charge is 0.333 e. The van der Waals surface area contributed by atoms with Crippen molar-refractivity contribution in [2.24, 2.45) is 0 Å². The van der Waals surface area contributed by atoms with Crippen LogP contribution in [0.15, 0.2) is 53.3 Å². The molecule has 0 aliphatic carbocycles. The van der Waals surface area contributed by atoms with E-state index in [-0.39, 0.29) is 5.69 Å². The predicted molar refractivity (Wildman–Crippen MR) is 81.6 cm³/mol. The summed E-state index contributed by atoms with van der Waals surface area (Å²) in [4.78, 5) is 15.2. The molecule has 6 heteroatoms. The van der Waals surface area contributed by atoms with Gasteiger partial charge in [0.1, 0.15) is 0 Å². The summed E-state index contributed by atoms with van der Waals surface area (Å²) in [6, 6.07) is 14.7. The fraction of sp³-hybridized carbons (Fsp3) is 0. The number of halogens is 1. The summed E-state index contributed by atoms with van der Waals surface area (Å²) in [5.41, 5.74) is 1.74. The molecule has 5 nitrogen and oxygen atoms in total. The number of H-pyrrole nitrogens is 1. The van der Waals surface area contributed by atoms with Gasteiger partial charge >= 0.3 is 5.69 Å². The first-order valence-electron chi connectivity index (χ1n) is 6.36. The average molecular weight is 297 g/mol. The third kappa shape index (κ3) is 1.82. The summed E-state index contributed by atoms with van der Waals surface area (Å²) in [6.07, 6.45) is 0. The van der Waals surface area contributed by atoms with Crippen LogP contribution in [0.25, 0.3) is 27.9 Å². The van der Waals surface area contributed by atoms with Crippen molar-refractivity contribution in [3.8, 4) is 11.4 Å². The molecule has 0 amide bonds. The minimum atomic E-state index is -0.274. The van der Waals surface area contributed by atoms with Crippen LogP contribution >= 0.6 is 11.6 Å². The highest BCUT2D eigenvalue weighted by Crippen LogP contribution is 2.23. The van der Waals surface area contributed by atoms with E-state index >= 15 is 0 Å². The van der Waals surface area contributed by atoms with Crippen molar-refractivity contribution < 1.29 is 0 Å². The van der Waals surface area contributed by atoms with Crippen molar-refractivity contribution in [1.29, 1.82) is 0 Å². The zero-order valence-electron chi connectivity index (χ0n) is 10.7. The number of nitrogens with zero attached hydrogens (tertiary/aromatic N) is 3. The lowest BCUT2D eigenvalue weighted by molar-refractivity contribution is 1.03. The Morgan fingerprint density at radius 3 is 2.67 bits per heavy atom. The molecule has 0 atom stereocenters. The molecular formula is C15H9ClN4O. The highest BCUT2D eigenvalue weighted by molar-refractivity contribution is 6.31. The summed E-state index contributed by atoms with van der Waals surface area (Å²) < 4.78 is 1.47. The van der Waals surface area contributed by atoms with Crippen molar-refractivity contribution in [1.82, 2.24) is 19.6 Å². The molecule has 2 aromatic carbocycles. The van der Waals surface area contributed by atoms with E-state index in [1.165, 1.54) is 4.40 Å². The van der Waals surface area contributed by atoms with Gasteiger partial charge in [-0.2, -0.15) is 0 Å². The molecule has 0 radical (unpaired) electrons. The van der Waals surface area contributed by atoms with Crippen molar-refractivity contribution in [2.75, 3.05) is 0 Å². The fourth-order valence-corrected chi connectivity index (χ4v) is 2.58. The van der Waals surface area contributed by atoms with Gasteiger partial charge in [-0.3, -0.25) is 0 Å². The second-order valence-electron chi connectivity index (χ2n) is 4.67. The molecule has 0 unspecified atom stereocenters. The molecule has 0 saturated heterocycles. The first-order chi connectivity index (χ1) is 10.2. The first kappa shape index (κ1) is 12.1. The lowest BCUT2D eigenvalue weighted by Crippen LogP contribution is -2.17. The van der Waals surface area contributed by atoms with E-state index in [1.54, 1.807) is 18.2 Å². The maximum absolute atomic E-state index is 12.3. The van der Waals surface area contributed by atoms with Gasteiger partial charge in [-0.15, -0.1) is 10.2 Å². The minimum absolute atomic E-state index is 0.274. The molecule has 0 spiro atoms. The molecule has 0 aliphatic rings. The van der Waals surface area contributed by atoms with Crippen molar-refractivity contribution >= 4 is 28.2 Å². The summed E-state index contributed by atoms with van der Waals surface area (Å²) in [6.45, 7) is 0. The Labute approximate surface area is 123 Å². The van der Waals surface area contributed by atoms with Crippen LogP contribution in [-0.2, 0) is 0 Å². The molecule has 102 valence electrons. The van der Waals surface area contributed by atoms with Gasteiger partial charge in [0.15, 0.2) is 11.5 Å². The second-order valence-corrected chi connectivity index (χ2v) is 5.11. The van der Waals surface area contributed by atoms with Gasteiger partial charge in [0, 0.05) is 16.0 Å². The fourth-order valence-electron chi connectivity index (χ4n) is 2.41. The Morgan fingerprint density at radius 1 is 1.05 bits per heavy atom. The number of nitrogens with one attached hydrogen (secondary N) is 1. The molecule has 0 saturated carbocycles. The number of rotatable bonds is 1. The standard InChI is InChI=1S/C15H9ClN4O/c16-10-6-7-12-11(8-10)14-19-18-13(20(14)15(21)17-12)9-4-2-1-3-5-9/h1-8H,(H,17,21). The Morgan fingerprint density at radius 2 is 1.86 bits per heavy atom. The lowest BCUT2D eigenvalue weighted by Gasteiger charge is -2.02. The van der Waals surface area contributed by atoms with Gasteiger partial charge in [-0.05, 0) is 18.2 Å². The van der Waals surface area contributed by atoms with Crippen molar-refractivity contribution in [2.45, 2.75) is 0 Å². The van der Waals surface area contributed by atoms with E-state index in [0.29, 0.717) is 22.0 Å². The molecule has 2 heterocycles. The van der Waals surface area contributed by atoms with Gasteiger partial charge in [-0.1, -0.05) is 41.9 Å². The normalized spacial score (nSPS) is 11.3. The summed E-state index contributed by atoms with van der Waals surface area (Å²) >= 11 is 6.03. The lowest BCUT2D eigenvalue weighted by atomic mass is 10.2. The van der Waals surface area contributed by atoms with Gasteiger partial charge in [0.05, 0.1) is 5.52 Å². The molecule has 0 bridgehead atoms. The molecule has 1 N–H and O–H groups in total. The molecular weight excluding hydrogens is 288 g/mol. The number of aromatic nitrogens is 4. The highest BCUT2D eigenvalue weighted by Gasteiger charge is 2.13. The van der Waals surface area contributed by atoms with Crippen LogP contribution in [-0.4, -0.2) is 19.6 Å². The first-order valence-corrected chi connectivity index (χ1v) is 6.74. The van der Waals surface area contributed by atoms with Gasteiger partial charge in [0.25, 0.3) is 0 Å². The molecule has 4 rings (SSSR count). The number of benzene rings is 2. The maximum atomic E-state index is 12.3. The zero-order chi connectivity index (χ0) is 14.4. The van der Waals surface area contributed by atoms with Crippen molar-refractivity contribution in [3.63, 3.8) is 0 Å². The third-order valence-corrected chi connectivity index (χ3v) is 3.60. The molecule has 0 aliphatic heterocycles. The van der Waals surface area contributed by atoms with Gasteiger partial charge in [0.2, 0.25) is 0 Å².